The van der Waals surface area contributed by atoms with E-state index in [0.29, 0.717) is 17.2 Å². The second-order valence-electron chi connectivity index (χ2n) is 7.97. The van der Waals surface area contributed by atoms with Gasteiger partial charge in [-0.3, -0.25) is 4.79 Å². The van der Waals surface area contributed by atoms with E-state index in [2.05, 4.69) is 24.3 Å². The van der Waals surface area contributed by atoms with E-state index in [1.807, 2.05) is 12.1 Å². The minimum absolute atomic E-state index is 0.0216. The molecule has 1 N–H and O–H groups in total. The number of halogens is 2. The third kappa shape index (κ3) is 5.71. The number of rotatable bonds is 7. The number of amides is 1. The number of carbonyl (C=O) groups is 1. The van der Waals surface area contributed by atoms with Crippen LogP contribution >= 0.6 is 11.6 Å². The van der Waals surface area contributed by atoms with Gasteiger partial charge in [-0.1, -0.05) is 29.8 Å². The van der Waals surface area contributed by atoms with Crippen molar-refractivity contribution in [2.24, 2.45) is 0 Å². The summed E-state index contributed by atoms with van der Waals surface area (Å²) in [6, 6.07) is 14.0. The molecule has 0 heterocycles. The number of ether oxygens (including phenoxy) is 1. The number of benzene rings is 2. The fraction of sp³-hybridized carbons (Fsp3) is 0.435. The van der Waals surface area contributed by atoms with E-state index in [9.17, 15) is 9.18 Å². The van der Waals surface area contributed by atoms with Crippen LogP contribution in [0.15, 0.2) is 48.5 Å². The van der Waals surface area contributed by atoms with Crippen molar-refractivity contribution in [2.45, 2.75) is 43.7 Å². The molecule has 1 amide bonds. The molecule has 0 unspecified atom stereocenters. The lowest BCUT2D eigenvalue weighted by Crippen LogP contribution is -2.52. The van der Waals surface area contributed by atoms with Crippen molar-refractivity contribution in [1.29, 1.82) is 0 Å². The largest absolute Gasteiger partial charge is 0.484 e. The summed E-state index contributed by atoms with van der Waals surface area (Å²) in [6.45, 7) is -0.0216. The molecule has 156 valence electrons. The average Bonchev–Trinajstić information content (AvgIpc) is 2.71. The van der Waals surface area contributed by atoms with E-state index in [1.54, 1.807) is 30.3 Å². The summed E-state index contributed by atoms with van der Waals surface area (Å²) in [6.07, 6.45) is 4.19. The number of nitrogens with zero attached hydrogens (tertiary/aromatic N) is 1. The van der Waals surface area contributed by atoms with Crippen molar-refractivity contribution in [1.82, 2.24) is 10.2 Å². The molecule has 0 spiro atoms. The fourth-order valence-corrected chi connectivity index (χ4v) is 4.15. The molecule has 2 aromatic carbocycles. The zero-order valence-corrected chi connectivity index (χ0v) is 17.7. The first-order chi connectivity index (χ1) is 13.9. The number of hydrogen-bond donors (Lipinski definition) is 1. The van der Waals surface area contributed by atoms with Crippen molar-refractivity contribution in [3.8, 4) is 5.75 Å². The highest BCUT2D eigenvalue weighted by Gasteiger charge is 2.38. The molecule has 1 saturated carbocycles. The van der Waals surface area contributed by atoms with Crippen molar-refractivity contribution in [2.75, 3.05) is 20.7 Å². The molecule has 29 heavy (non-hydrogen) atoms. The number of likely N-dealkylation sites (N-methyl/N-ethyl adjacent to an activating group) is 1. The van der Waals surface area contributed by atoms with E-state index in [-0.39, 0.29) is 29.9 Å². The Kier molecular flexibility index (Phi) is 7.14. The summed E-state index contributed by atoms with van der Waals surface area (Å²) in [7, 11) is 4.11. The lowest BCUT2D eigenvalue weighted by Gasteiger charge is -2.45. The van der Waals surface area contributed by atoms with Crippen LogP contribution in [0.25, 0.3) is 0 Å². The molecule has 0 saturated heterocycles. The highest BCUT2D eigenvalue weighted by Crippen LogP contribution is 2.36. The molecule has 6 heteroatoms. The van der Waals surface area contributed by atoms with Crippen LogP contribution in [0.2, 0.25) is 5.02 Å². The predicted molar refractivity (Wildman–Crippen MR) is 114 cm³/mol. The van der Waals surface area contributed by atoms with Gasteiger partial charge >= 0.3 is 0 Å². The molecular formula is C23H28ClFN2O2. The molecule has 0 radical (unpaired) electrons. The van der Waals surface area contributed by atoms with Crippen LogP contribution in [-0.4, -0.2) is 43.1 Å². The number of hydrogen-bond acceptors (Lipinski definition) is 3. The van der Waals surface area contributed by atoms with Crippen molar-refractivity contribution >= 4 is 17.5 Å². The molecule has 4 nitrogen and oxygen atoms in total. The molecule has 1 aliphatic rings. The van der Waals surface area contributed by atoms with Gasteiger partial charge < -0.3 is 15.0 Å². The van der Waals surface area contributed by atoms with Gasteiger partial charge in [-0.25, -0.2) is 4.39 Å². The van der Waals surface area contributed by atoms with Gasteiger partial charge in [-0.15, -0.1) is 0 Å². The Morgan fingerprint density at radius 3 is 2.45 bits per heavy atom. The van der Waals surface area contributed by atoms with Gasteiger partial charge in [-0.2, -0.15) is 0 Å². The Morgan fingerprint density at radius 2 is 1.83 bits per heavy atom. The van der Waals surface area contributed by atoms with Gasteiger partial charge in [0.25, 0.3) is 5.91 Å². The van der Waals surface area contributed by atoms with Crippen LogP contribution in [0.1, 0.15) is 31.2 Å². The molecule has 1 aliphatic carbocycles. The van der Waals surface area contributed by atoms with Crippen LogP contribution in [0.4, 0.5) is 4.39 Å². The lowest BCUT2D eigenvalue weighted by molar-refractivity contribution is -0.124. The van der Waals surface area contributed by atoms with Gasteiger partial charge in [-0.05, 0) is 82.1 Å². The SMILES string of the molecule is CN(C)C1(Cc2ccccc2F)CCC(NC(=O)COc2ccc(Cl)cc2)CC1. The third-order valence-corrected chi connectivity index (χ3v) is 6.14. The van der Waals surface area contributed by atoms with E-state index in [4.69, 9.17) is 16.3 Å². The van der Waals surface area contributed by atoms with Crippen LogP contribution < -0.4 is 10.1 Å². The Bertz CT molecular complexity index is 818. The normalized spacial score (nSPS) is 21.8. The summed E-state index contributed by atoms with van der Waals surface area (Å²) in [4.78, 5) is 14.5. The van der Waals surface area contributed by atoms with Crippen molar-refractivity contribution < 1.29 is 13.9 Å². The standard InChI is InChI=1S/C23H28ClFN2O2/c1-27(2)23(15-17-5-3-4-6-21(17)25)13-11-19(12-14-23)26-22(28)16-29-20-9-7-18(24)8-10-20/h3-10,19H,11-16H2,1-2H3,(H,26,28). The van der Waals surface area contributed by atoms with E-state index >= 15 is 0 Å². The quantitative estimate of drug-likeness (QED) is 0.721. The first kappa shape index (κ1) is 21.6. The maximum Gasteiger partial charge on any atom is 0.258 e. The van der Waals surface area contributed by atoms with Crippen LogP contribution in [0.5, 0.6) is 5.75 Å². The molecule has 0 aromatic heterocycles. The van der Waals surface area contributed by atoms with Crippen LogP contribution in [0, 0.1) is 5.82 Å². The lowest BCUT2D eigenvalue weighted by atomic mass is 9.74. The topological polar surface area (TPSA) is 41.6 Å². The van der Waals surface area contributed by atoms with Gasteiger partial charge in [0.05, 0.1) is 0 Å². The summed E-state index contributed by atoms with van der Waals surface area (Å²) in [5, 5.41) is 3.70. The number of carbonyl (C=O) groups excluding carboxylic acids is 1. The first-order valence-corrected chi connectivity index (χ1v) is 10.3. The maximum absolute atomic E-state index is 14.2. The fourth-order valence-electron chi connectivity index (χ4n) is 4.03. The maximum atomic E-state index is 14.2. The molecule has 0 atom stereocenters. The number of nitrogens with one attached hydrogen (secondary N) is 1. The molecule has 3 rings (SSSR count). The Labute approximate surface area is 177 Å². The van der Waals surface area contributed by atoms with Gasteiger partial charge in [0.1, 0.15) is 11.6 Å². The zero-order valence-electron chi connectivity index (χ0n) is 17.0. The third-order valence-electron chi connectivity index (χ3n) is 5.89. The van der Waals surface area contributed by atoms with E-state index in [0.717, 1.165) is 31.2 Å². The Balaban J connectivity index is 1.51. The van der Waals surface area contributed by atoms with Crippen LogP contribution in [-0.2, 0) is 11.2 Å². The highest BCUT2D eigenvalue weighted by atomic mass is 35.5. The molecule has 0 bridgehead atoms. The smallest absolute Gasteiger partial charge is 0.258 e. The highest BCUT2D eigenvalue weighted by molar-refractivity contribution is 6.30. The van der Waals surface area contributed by atoms with E-state index in [1.165, 1.54) is 6.07 Å². The molecule has 1 fully saturated rings. The monoisotopic (exact) mass is 418 g/mol. The Hall–Kier alpha value is -2.11. The molecule has 0 aliphatic heterocycles. The summed E-state index contributed by atoms with van der Waals surface area (Å²) in [5.41, 5.74) is 0.656. The van der Waals surface area contributed by atoms with Crippen LogP contribution in [0.3, 0.4) is 0 Å². The predicted octanol–water partition coefficient (Wildman–Crippen LogP) is 4.46. The van der Waals surface area contributed by atoms with Gasteiger partial charge in [0.15, 0.2) is 6.61 Å². The second-order valence-corrected chi connectivity index (χ2v) is 8.41. The molecular weight excluding hydrogens is 391 g/mol. The Morgan fingerprint density at radius 1 is 1.17 bits per heavy atom. The van der Waals surface area contributed by atoms with Crippen molar-refractivity contribution in [3.05, 3.63) is 64.9 Å². The van der Waals surface area contributed by atoms with Crippen molar-refractivity contribution in [3.63, 3.8) is 0 Å². The summed E-state index contributed by atoms with van der Waals surface area (Å²) < 4.78 is 19.7. The first-order valence-electron chi connectivity index (χ1n) is 9.96. The van der Waals surface area contributed by atoms with Gasteiger partial charge in [0.2, 0.25) is 0 Å². The average molecular weight is 419 g/mol. The molecule has 2 aromatic rings. The zero-order chi connectivity index (χ0) is 20.9. The van der Waals surface area contributed by atoms with Gasteiger partial charge in [0, 0.05) is 16.6 Å². The summed E-state index contributed by atoms with van der Waals surface area (Å²) >= 11 is 5.85. The van der Waals surface area contributed by atoms with E-state index < -0.39 is 0 Å². The minimum atomic E-state index is -0.150. The summed E-state index contributed by atoms with van der Waals surface area (Å²) in [5.74, 6) is 0.338. The minimum Gasteiger partial charge on any atom is -0.484 e. The second kappa shape index (κ2) is 9.59.